The number of phenolic OH excluding ortho intramolecular Hbond substituents is 1. The molecule has 0 heterocycles. The fourth-order valence-electron chi connectivity index (χ4n) is 14.3. The molecule has 0 unspecified atom stereocenters. The molecule has 362 valence electrons. The number of aliphatic hydroxyl groups is 3. The number of carbonyl (C=O) groups excluding carboxylic acids is 4. The number of benzene rings is 1. The van der Waals surface area contributed by atoms with E-state index in [0.717, 1.165) is 29.8 Å². The molecule has 0 bridgehead atoms. The van der Waals surface area contributed by atoms with Crippen LogP contribution in [0.25, 0.3) is 0 Å². The Hall–Kier alpha value is -3.47. The van der Waals surface area contributed by atoms with Gasteiger partial charge in [-0.25, -0.2) is 0 Å². The molecular weight excluding hydrogens is 840 g/mol. The molecule has 0 saturated heterocycles. The van der Waals surface area contributed by atoms with Crippen LogP contribution in [0.4, 0.5) is 11.4 Å². The van der Waals surface area contributed by atoms with Crippen LogP contribution in [0.5, 0.6) is 5.75 Å². The quantitative estimate of drug-likeness (QED) is 0.0358. The number of fused-ring (bicyclic) bond motifs is 3. The van der Waals surface area contributed by atoms with Crippen molar-refractivity contribution in [2.24, 2.45) is 17.6 Å². The first-order valence-electron chi connectivity index (χ1n) is 25.6. The number of nitrogens with two attached hydrogens (primary N) is 1. The van der Waals surface area contributed by atoms with Gasteiger partial charge in [0.05, 0.1) is 17.3 Å². The molecule has 6 aliphatic carbocycles. The van der Waals surface area contributed by atoms with E-state index in [-0.39, 0.29) is 42.0 Å². The molecule has 6 aliphatic rings. The number of amides is 2. The van der Waals surface area contributed by atoms with Gasteiger partial charge in [-0.2, -0.15) is 0 Å². The van der Waals surface area contributed by atoms with Gasteiger partial charge in [0, 0.05) is 31.3 Å². The Kier molecular flexibility index (Phi) is 16.1. The number of aliphatic hydroxyl groups excluding tert-OH is 2. The normalized spacial score (nSPS) is 26.2. The van der Waals surface area contributed by atoms with Crippen molar-refractivity contribution in [3.05, 3.63) is 39.9 Å². The number of primary amides is 1. The van der Waals surface area contributed by atoms with Gasteiger partial charge < -0.3 is 31.1 Å². The summed E-state index contributed by atoms with van der Waals surface area (Å²) in [7, 11) is 5.39. The molecule has 65 heavy (non-hydrogen) atoms. The summed E-state index contributed by atoms with van der Waals surface area (Å²) in [6.45, 7) is 0. The first kappa shape index (κ1) is 49.4. The number of anilines is 2. The van der Waals surface area contributed by atoms with Gasteiger partial charge >= 0.3 is 201 Å². The van der Waals surface area contributed by atoms with Gasteiger partial charge in [0.2, 0.25) is 5.78 Å². The molecule has 3 fully saturated rings. The van der Waals surface area contributed by atoms with Crippen LogP contribution in [0.3, 0.4) is 0 Å². The number of ketones is 2. The SMILES string of the molecule is CN(C)c1cc(NC(=O)CCCCCCCCCC[PH](C2CCCCC2)(C2CCCCC2)C2CCCCC2)c(O)c2c1C[C@H]1C[C@H]3[C@H](N(C)C)C(O)=C(C(N)=O)C(=O)[C@@]3(O)C(O)=C1C2=O. The Bertz CT molecular complexity index is 1950. The van der Waals surface area contributed by atoms with Crippen molar-refractivity contribution in [3.8, 4) is 5.75 Å². The number of unbranched alkanes of at least 4 members (excludes halogenated alkanes) is 7. The monoisotopic (exact) mass is 921 g/mol. The van der Waals surface area contributed by atoms with Crippen molar-refractivity contribution in [2.75, 3.05) is 44.6 Å². The van der Waals surface area contributed by atoms with Crippen LogP contribution in [0, 0.1) is 11.8 Å². The zero-order valence-corrected chi connectivity index (χ0v) is 41.0. The Balaban J connectivity index is 0.937. The number of carbonyl (C=O) groups is 4. The Morgan fingerprint density at radius 2 is 1.28 bits per heavy atom. The molecule has 0 radical (unpaired) electrons. The molecule has 0 aromatic heterocycles. The van der Waals surface area contributed by atoms with E-state index in [1.54, 1.807) is 45.3 Å². The molecule has 4 atom stereocenters. The topological polar surface area (TPSA) is 194 Å². The summed E-state index contributed by atoms with van der Waals surface area (Å²) >= 11 is 0. The number of phenols is 1. The predicted molar refractivity (Wildman–Crippen MR) is 262 cm³/mol. The number of hydrogen-bond donors (Lipinski definition) is 6. The van der Waals surface area contributed by atoms with E-state index in [0.29, 0.717) is 17.7 Å². The summed E-state index contributed by atoms with van der Waals surface area (Å²) in [5.74, 6) is -7.39. The maximum absolute atomic E-state index is 14.4. The van der Waals surface area contributed by atoms with E-state index in [4.69, 9.17) is 5.73 Å². The Morgan fingerprint density at radius 3 is 1.77 bits per heavy atom. The third-order valence-corrected chi connectivity index (χ3v) is 24.8. The van der Waals surface area contributed by atoms with E-state index in [2.05, 4.69) is 5.32 Å². The maximum atomic E-state index is 14.4. The molecule has 7 rings (SSSR count). The van der Waals surface area contributed by atoms with Crippen molar-refractivity contribution >= 4 is 42.0 Å². The standard InChI is InChI=1S/C52H81N4O8P/c1-55(2)40-32-39(46(58)43-37(40)30-33-31-38-45(56(3)4)48(60)44(51(53)63)50(62)52(38,64)49(61)42(33)47(43)59)54-41(57)28-20-9-7-5-6-8-10-21-29-65(34-22-14-11-15-23-34,35-24-16-12-17-25-35)36-26-18-13-19-27-36/h32-36,38,45,58,60-61,64-65H,5-31H2,1-4H3,(H2,53,63)(H,54,57)/t33-,38-,45-,52-/m0/s1. The molecule has 1 aromatic carbocycles. The molecule has 0 spiro atoms. The van der Waals surface area contributed by atoms with Gasteiger partial charge in [-0.3, -0.25) is 19.3 Å². The van der Waals surface area contributed by atoms with Crippen LogP contribution in [-0.2, 0) is 20.8 Å². The number of hydrogen-bond acceptors (Lipinski definition) is 10. The largest absolute Gasteiger partial charge is 0.510 e. The van der Waals surface area contributed by atoms with Gasteiger partial charge in [0.1, 0.15) is 17.1 Å². The molecule has 13 heteroatoms. The van der Waals surface area contributed by atoms with Crippen molar-refractivity contribution in [1.82, 2.24) is 4.90 Å². The summed E-state index contributed by atoms with van der Waals surface area (Å²) < 4.78 is 0. The predicted octanol–water partition coefficient (Wildman–Crippen LogP) is 9.38. The van der Waals surface area contributed by atoms with Crippen molar-refractivity contribution in [1.29, 1.82) is 0 Å². The van der Waals surface area contributed by atoms with Crippen LogP contribution in [0.15, 0.2) is 28.7 Å². The van der Waals surface area contributed by atoms with Crippen LogP contribution >= 0.6 is 7.26 Å². The minimum atomic E-state index is -2.72. The van der Waals surface area contributed by atoms with E-state index in [9.17, 15) is 39.6 Å². The number of allylic oxidation sites excluding steroid dienone is 1. The molecule has 1 aromatic rings. The third kappa shape index (κ3) is 9.66. The smallest absolute Gasteiger partial charge is 0.255 e. The van der Waals surface area contributed by atoms with E-state index in [1.807, 2.05) is 0 Å². The van der Waals surface area contributed by atoms with Crippen molar-refractivity contribution < 1.29 is 39.6 Å². The first-order valence-corrected chi connectivity index (χ1v) is 28.1. The zero-order chi connectivity index (χ0) is 46.6. The van der Waals surface area contributed by atoms with E-state index in [1.165, 1.54) is 133 Å². The van der Waals surface area contributed by atoms with Crippen LogP contribution in [-0.4, -0.2) is 112 Å². The van der Waals surface area contributed by atoms with Gasteiger partial charge in [-0.1, -0.05) is 0 Å². The summed E-state index contributed by atoms with van der Waals surface area (Å²) in [6.07, 6.45) is 33.7. The molecule has 7 N–H and O–H groups in total. The van der Waals surface area contributed by atoms with Gasteiger partial charge in [-0.05, 0) is 44.5 Å². The van der Waals surface area contributed by atoms with Gasteiger partial charge in [0.15, 0.2) is 17.1 Å². The number of aromatic hydroxyl groups is 1. The van der Waals surface area contributed by atoms with Crippen LogP contribution in [0.2, 0.25) is 0 Å². The number of likely N-dealkylation sites (N-methyl/N-ethyl adjacent to an activating group) is 1. The molecule has 3 saturated carbocycles. The van der Waals surface area contributed by atoms with Crippen molar-refractivity contribution in [2.45, 2.75) is 196 Å². The van der Waals surface area contributed by atoms with Gasteiger partial charge in [0.25, 0.3) is 5.91 Å². The second-order valence-electron chi connectivity index (χ2n) is 21.5. The Morgan fingerprint density at radius 1 is 0.769 bits per heavy atom. The summed E-state index contributed by atoms with van der Waals surface area (Å²) in [6, 6.07) is 0.587. The van der Waals surface area contributed by atoms with E-state index < -0.39 is 71.1 Å². The second kappa shape index (κ2) is 21.2. The molecular formula is C52H81N4O8P. The Labute approximate surface area is 388 Å². The zero-order valence-electron chi connectivity index (χ0n) is 40.0. The van der Waals surface area contributed by atoms with Crippen LogP contribution in [0.1, 0.15) is 176 Å². The minimum Gasteiger partial charge on any atom is -0.510 e. The number of Topliss-reactive ketones (excluding diaryl/α,β-unsaturated/α-hetero) is 2. The average molecular weight is 921 g/mol. The second-order valence-corrected chi connectivity index (χ2v) is 26.7. The van der Waals surface area contributed by atoms with Crippen molar-refractivity contribution in [3.63, 3.8) is 0 Å². The third-order valence-electron chi connectivity index (χ3n) is 17.3. The van der Waals surface area contributed by atoms with Crippen LogP contribution < -0.4 is 16.0 Å². The molecule has 12 nitrogen and oxygen atoms in total. The summed E-state index contributed by atoms with van der Waals surface area (Å²) in [5, 5.41) is 49.2. The average Bonchev–Trinajstić information content (AvgIpc) is 3.28. The number of nitrogens with zero attached hydrogens (tertiary/aromatic N) is 2. The molecule has 2 amide bonds. The fraction of sp³-hybridized carbons (Fsp3) is 0.731. The number of rotatable bonds is 18. The van der Waals surface area contributed by atoms with Gasteiger partial charge in [-0.15, -0.1) is 0 Å². The maximum Gasteiger partial charge on any atom is 0.255 e. The summed E-state index contributed by atoms with van der Waals surface area (Å²) in [5.41, 5.74) is 5.97. The van der Waals surface area contributed by atoms with E-state index >= 15 is 0 Å². The number of nitrogens with one attached hydrogen (secondary N) is 1. The first-order chi connectivity index (χ1) is 31.1. The fourth-order valence-corrected chi connectivity index (χ4v) is 22.9. The minimum absolute atomic E-state index is 0.00104. The molecule has 0 aliphatic heterocycles. The summed E-state index contributed by atoms with van der Waals surface area (Å²) in [4.78, 5) is 57.1.